The molecule has 0 spiro atoms. The van der Waals surface area contributed by atoms with Gasteiger partial charge < -0.3 is 15.8 Å². The first kappa shape index (κ1) is 15.3. The molecule has 4 nitrogen and oxygen atoms in total. The third-order valence-corrected chi connectivity index (χ3v) is 2.76. The van der Waals surface area contributed by atoms with Crippen LogP contribution in [0.2, 0.25) is 0 Å². The van der Waals surface area contributed by atoms with Gasteiger partial charge >= 0.3 is 0 Å². The molecule has 1 aromatic rings. The van der Waals surface area contributed by atoms with Gasteiger partial charge in [-0.2, -0.15) is 0 Å². The summed E-state index contributed by atoms with van der Waals surface area (Å²) < 4.78 is 5.46. The van der Waals surface area contributed by atoms with Crippen molar-refractivity contribution in [3.05, 3.63) is 24.3 Å². The SMILES string of the molecule is CC(C)CCCNC(=O)CCOc1ccc(N)cc1. The zero-order valence-corrected chi connectivity index (χ0v) is 11.8. The maximum Gasteiger partial charge on any atom is 0.223 e. The number of nitrogens with two attached hydrogens (primary N) is 1. The average molecular weight is 264 g/mol. The van der Waals surface area contributed by atoms with Gasteiger partial charge in [0.2, 0.25) is 5.91 Å². The van der Waals surface area contributed by atoms with Gasteiger partial charge in [-0.3, -0.25) is 4.79 Å². The summed E-state index contributed by atoms with van der Waals surface area (Å²) in [6.45, 7) is 5.50. The minimum atomic E-state index is 0.0409. The fourth-order valence-corrected chi connectivity index (χ4v) is 1.65. The molecular formula is C15H24N2O2. The van der Waals surface area contributed by atoms with Crippen LogP contribution in [0.4, 0.5) is 5.69 Å². The molecule has 0 fully saturated rings. The van der Waals surface area contributed by atoms with E-state index < -0.39 is 0 Å². The minimum Gasteiger partial charge on any atom is -0.493 e. The van der Waals surface area contributed by atoms with Gasteiger partial charge in [-0.05, 0) is 43.0 Å². The average Bonchev–Trinajstić information content (AvgIpc) is 2.37. The Hall–Kier alpha value is -1.71. The number of hydrogen-bond acceptors (Lipinski definition) is 3. The summed E-state index contributed by atoms with van der Waals surface area (Å²) in [6, 6.07) is 7.16. The lowest BCUT2D eigenvalue weighted by Gasteiger charge is -2.08. The summed E-state index contributed by atoms with van der Waals surface area (Å²) in [6.07, 6.45) is 2.55. The van der Waals surface area contributed by atoms with Crippen molar-refractivity contribution in [2.45, 2.75) is 33.1 Å². The highest BCUT2D eigenvalue weighted by atomic mass is 16.5. The highest BCUT2D eigenvalue weighted by Gasteiger charge is 2.02. The van der Waals surface area contributed by atoms with Crippen LogP contribution in [0.1, 0.15) is 33.1 Å². The highest BCUT2D eigenvalue weighted by Crippen LogP contribution is 2.13. The van der Waals surface area contributed by atoms with Crippen molar-refractivity contribution < 1.29 is 9.53 Å². The molecule has 0 unspecified atom stereocenters. The Morgan fingerprint density at radius 1 is 1.32 bits per heavy atom. The van der Waals surface area contributed by atoms with Gasteiger partial charge in [0.05, 0.1) is 13.0 Å². The Kier molecular flexibility index (Phi) is 6.79. The van der Waals surface area contributed by atoms with Crippen LogP contribution in [0.5, 0.6) is 5.75 Å². The predicted octanol–water partition coefficient (Wildman–Crippen LogP) is 2.59. The van der Waals surface area contributed by atoms with Gasteiger partial charge in [0.15, 0.2) is 0 Å². The number of ether oxygens (including phenoxy) is 1. The predicted molar refractivity (Wildman–Crippen MR) is 78.0 cm³/mol. The van der Waals surface area contributed by atoms with Crippen LogP contribution in [0, 0.1) is 5.92 Å². The summed E-state index contributed by atoms with van der Waals surface area (Å²) in [5.41, 5.74) is 6.28. The second-order valence-corrected chi connectivity index (χ2v) is 5.05. The molecule has 0 aliphatic rings. The standard InChI is InChI=1S/C15H24N2O2/c1-12(2)4-3-10-17-15(18)9-11-19-14-7-5-13(16)6-8-14/h5-8,12H,3-4,9-11,16H2,1-2H3,(H,17,18). The van der Waals surface area contributed by atoms with Crippen molar-refractivity contribution in [2.24, 2.45) is 5.92 Å². The van der Waals surface area contributed by atoms with Gasteiger partial charge in [0.1, 0.15) is 5.75 Å². The van der Waals surface area contributed by atoms with Crippen LogP contribution in [-0.4, -0.2) is 19.1 Å². The van der Waals surface area contributed by atoms with E-state index >= 15 is 0 Å². The fourth-order valence-electron chi connectivity index (χ4n) is 1.65. The number of nitrogen functional groups attached to an aromatic ring is 1. The van der Waals surface area contributed by atoms with Crippen LogP contribution < -0.4 is 15.8 Å². The quantitative estimate of drug-likeness (QED) is 0.560. The number of hydrogen-bond donors (Lipinski definition) is 2. The van der Waals surface area contributed by atoms with Gasteiger partial charge in [-0.1, -0.05) is 13.8 Å². The van der Waals surface area contributed by atoms with Crippen molar-refractivity contribution in [1.29, 1.82) is 0 Å². The molecule has 0 heterocycles. The number of carbonyl (C=O) groups excluding carboxylic acids is 1. The first-order valence-electron chi connectivity index (χ1n) is 6.83. The molecule has 0 saturated heterocycles. The number of nitrogens with one attached hydrogen (secondary N) is 1. The van der Waals surface area contributed by atoms with Gasteiger partial charge in [-0.15, -0.1) is 0 Å². The topological polar surface area (TPSA) is 64.3 Å². The first-order chi connectivity index (χ1) is 9.08. The molecule has 0 radical (unpaired) electrons. The summed E-state index contributed by atoms with van der Waals surface area (Å²) in [4.78, 5) is 11.5. The summed E-state index contributed by atoms with van der Waals surface area (Å²) in [7, 11) is 0. The number of carbonyl (C=O) groups is 1. The van der Waals surface area contributed by atoms with Crippen molar-refractivity contribution in [1.82, 2.24) is 5.32 Å². The van der Waals surface area contributed by atoms with E-state index in [1.165, 1.54) is 0 Å². The Morgan fingerprint density at radius 3 is 2.63 bits per heavy atom. The molecule has 1 aromatic carbocycles. The molecule has 19 heavy (non-hydrogen) atoms. The van der Waals surface area contributed by atoms with Gasteiger partial charge in [-0.25, -0.2) is 0 Å². The fraction of sp³-hybridized carbons (Fsp3) is 0.533. The number of rotatable bonds is 8. The van der Waals surface area contributed by atoms with Crippen LogP contribution in [-0.2, 0) is 4.79 Å². The van der Waals surface area contributed by atoms with E-state index in [-0.39, 0.29) is 5.91 Å². The lowest BCUT2D eigenvalue weighted by Crippen LogP contribution is -2.26. The zero-order valence-electron chi connectivity index (χ0n) is 11.8. The monoisotopic (exact) mass is 264 g/mol. The molecular weight excluding hydrogens is 240 g/mol. The van der Waals surface area contributed by atoms with E-state index in [2.05, 4.69) is 19.2 Å². The molecule has 0 bridgehead atoms. The molecule has 1 rings (SSSR count). The van der Waals surface area contributed by atoms with Crippen molar-refractivity contribution in [3.63, 3.8) is 0 Å². The highest BCUT2D eigenvalue weighted by molar-refractivity contribution is 5.75. The van der Waals surface area contributed by atoms with E-state index in [0.717, 1.165) is 25.1 Å². The second-order valence-electron chi connectivity index (χ2n) is 5.05. The van der Waals surface area contributed by atoms with Crippen LogP contribution in [0.15, 0.2) is 24.3 Å². The molecule has 3 N–H and O–H groups in total. The van der Waals surface area contributed by atoms with Crippen molar-refractivity contribution in [3.8, 4) is 5.75 Å². The molecule has 0 aromatic heterocycles. The van der Waals surface area contributed by atoms with E-state index in [1.807, 2.05) is 0 Å². The number of anilines is 1. The maximum absolute atomic E-state index is 11.5. The largest absolute Gasteiger partial charge is 0.493 e. The Morgan fingerprint density at radius 2 is 2.00 bits per heavy atom. The minimum absolute atomic E-state index is 0.0409. The molecule has 0 aliphatic carbocycles. The van der Waals surface area contributed by atoms with E-state index in [4.69, 9.17) is 10.5 Å². The van der Waals surface area contributed by atoms with E-state index in [1.54, 1.807) is 24.3 Å². The molecule has 0 aliphatic heterocycles. The molecule has 1 amide bonds. The summed E-state index contributed by atoms with van der Waals surface area (Å²) in [5, 5.41) is 2.89. The Bertz CT molecular complexity index is 374. The second kappa shape index (κ2) is 8.40. The summed E-state index contributed by atoms with van der Waals surface area (Å²) in [5.74, 6) is 1.46. The molecule has 4 heteroatoms. The van der Waals surface area contributed by atoms with Crippen LogP contribution in [0.3, 0.4) is 0 Å². The summed E-state index contributed by atoms with van der Waals surface area (Å²) >= 11 is 0. The normalized spacial score (nSPS) is 10.5. The molecule has 0 atom stereocenters. The zero-order chi connectivity index (χ0) is 14.1. The third kappa shape index (κ3) is 7.34. The van der Waals surface area contributed by atoms with Crippen LogP contribution in [0.25, 0.3) is 0 Å². The molecule has 0 saturated carbocycles. The van der Waals surface area contributed by atoms with Gasteiger partial charge in [0.25, 0.3) is 0 Å². The number of benzene rings is 1. The van der Waals surface area contributed by atoms with E-state index in [9.17, 15) is 4.79 Å². The van der Waals surface area contributed by atoms with E-state index in [0.29, 0.717) is 24.6 Å². The Labute approximate surface area is 115 Å². The Balaban J connectivity index is 2.08. The van der Waals surface area contributed by atoms with Gasteiger partial charge in [0, 0.05) is 12.2 Å². The first-order valence-corrected chi connectivity index (χ1v) is 6.83. The van der Waals surface area contributed by atoms with Crippen molar-refractivity contribution >= 4 is 11.6 Å². The maximum atomic E-state index is 11.5. The molecule has 106 valence electrons. The van der Waals surface area contributed by atoms with Crippen molar-refractivity contribution in [2.75, 3.05) is 18.9 Å². The lowest BCUT2D eigenvalue weighted by molar-refractivity contribution is -0.121. The lowest BCUT2D eigenvalue weighted by atomic mass is 10.1. The number of amides is 1. The smallest absolute Gasteiger partial charge is 0.223 e. The van der Waals surface area contributed by atoms with Crippen LogP contribution >= 0.6 is 0 Å². The third-order valence-electron chi connectivity index (χ3n) is 2.76.